The molecular weight excluding hydrogens is 550 g/mol. The van der Waals surface area contributed by atoms with Crippen LogP contribution in [0.1, 0.15) is 12.6 Å². The van der Waals surface area contributed by atoms with E-state index >= 15 is 0 Å². The quantitative estimate of drug-likeness (QED) is 0.349. The first-order valence-electron chi connectivity index (χ1n) is 9.14. The average molecular weight is 572 g/mol. The van der Waals surface area contributed by atoms with Crippen LogP contribution < -0.4 is 43.3 Å². The lowest BCUT2D eigenvalue weighted by Crippen LogP contribution is -3.00. The molecule has 1 N–H and O–H groups in total. The second-order valence-electron chi connectivity index (χ2n) is 6.51. The van der Waals surface area contributed by atoms with E-state index in [2.05, 4.69) is 5.32 Å². The molecule has 162 valence electrons. The highest BCUT2D eigenvalue weighted by molar-refractivity contribution is 6.42. The van der Waals surface area contributed by atoms with E-state index in [0.717, 1.165) is 11.1 Å². The van der Waals surface area contributed by atoms with Crippen molar-refractivity contribution in [2.24, 2.45) is 7.05 Å². The maximum atomic E-state index is 12.2. The minimum absolute atomic E-state index is 0. The Labute approximate surface area is 210 Å². The van der Waals surface area contributed by atoms with Crippen LogP contribution in [0.2, 0.25) is 10.0 Å². The van der Waals surface area contributed by atoms with Crippen molar-refractivity contribution in [2.45, 2.75) is 0 Å². The minimum atomic E-state index is -0.323. The molecule has 3 rings (SSSR count). The lowest BCUT2D eigenvalue weighted by molar-refractivity contribution is -0.671. The average Bonchev–Trinajstić information content (AvgIpc) is 2.74. The summed E-state index contributed by atoms with van der Waals surface area (Å²) in [6.45, 7) is -0.174. The molecule has 0 unspecified atom stereocenters. The first-order valence-corrected chi connectivity index (χ1v) is 9.89. The van der Waals surface area contributed by atoms with E-state index in [1.807, 2.05) is 60.4 Å². The molecule has 2 aromatic carbocycles. The van der Waals surface area contributed by atoms with Gasteiger partial charge in [0, 0.05) is 17.8 Å². The summed E-state index contributed by atoms with van der Waals surface area (Å²) in [5.41, 5.74) is 2.58. The maximum absolute atomic E-state index is 12.2. The number of carbonyl (C=O) groups excluding carboxylic acids is 1. The lowest BCUT2D eigenvalue weighted by Gasteiger charge is -2.12. The van der Waals surface area contributed by atoms with Crippen LogP contribution in [0.25, 0.3) is 12.2 Å². The zero-order valence-corrected chi connectivity index (χ0v) is 20.6. The molecule has 0 saturated carbocycles. The van der Waals surface area contributed by atoms with Gasteiger partial charge < -0.3 is 38.8 Å². The van der Waals surface area contributed by atoms with Crippen molar-refractivity contribution >= 4 is 46.9 Å². The van der Waals surface area contributed by atoms with E-state index in [1.54, 1.807) is 31.4 Å². The molecule has 0 aliphatic heterocycles. The predicted molar refractivity (Wildman–Crippen MR) is 121 cm³/mol. The molecule has 0 fully saturated rings. The summed E-state index contributed by atoms with van der Waals surface area (Å²) in [6, 6.07) is 14.4. The number of anilines is 1. The van der Waals surface area contributed by atoms with Crippen LogP contribution in [-0.4, -0.2) is 19.6 Å². The fraction of sp³-hybridized carbons (Fsp3) is 0.130. The number of amides is 1. The highest BCUT2D eigenvalue weighted by Gasteiger charge is 2.09. The van der Waals surface area contributed by atoms with Gasteiger partial charge in [-0.3, -0.25) is 4.79 Å². The summed E-state index contributed by atoms with van der Waals surface area (Å²) < 4.78 is 13.0. The molecule has 8 heteroatoms. The normalized spacial score (nSPS) is 10.5. The van der Waals surface area contributed by atoms with E-state index in [9.17, 15) is 4.79 Å². The van der Waals surface area contributed by atoms with Crippen LogP contribution in [-0.2, 0) is 11.8 Å². The van der Waals surface area contributed by atoms with Gasteiger partial charge in [-0.1, -0.05) is 41.4 Å². The molecule has 1 aromatic heterocycles. The number of hydrogen-bond acceptors (Lipinski definition) is 3. The summed E-state index contributed by atoms with van der Waals surface area (Å²) in [6.07, 6.45) is 7.97. The molecule has 0 saturated heterocycles. The van der Waals surface area contributed by atoms with E-state index < -0.39 is 0 Å². The largest absolute Gasteiger partial charge is 1.00 e. The van der Waals surface area contributed by atoms with Crippen molar-refractivity contribution in [3.05, 3.63) is 82.1 Å². The molecule has 0 atom stereocenters. The lowest BCUT2D eigenvalue weighted by atomic mass is 10.1. The summed E-state index contributed by atoms with van der Waals surface area (Å²) in [7, 11) is 3.53. The molecular formula is C23H22Cl2IN2O3+. The molecule has 3 aromatic rings. The summed E-state index contributed by atoms with van der Waals surface area (Å²) >= 11 is 11.8. The van der Waals surface area contributed by atoms with E-state index in [-0.39, 0.29) is 37.9 Å². The Kier molecular flexibility index (Phi) is 9.61. The zero-order valence-electron chi connectivity index (χ0n) is 17.9. The monoisotopic (exact) mass is 571 g/mol. The Morgan fingerprint density at radius 1 is 1.00 bits per heavy atom. The third kappa shape index (κ3) is 7.41. The fourth-order valence-corrected chi connectivity index (χ4v) is 2.94. The number of rotatable bonds is 7. The van der Waals surface area contributed by atoms with Crippen LogP contribution in [0.15, 0.2) is 60.9 Å². The van der Waals surface area contributed by atoms with Gasteiger partial charge >= 0.3 is 1.43 Å². The standard InChI is InChI=1S/C23H20Cl2N2O3.HI/c1-27-11-9-16(10-12-27)3-4-17-5-8-21(22(13-17)29-2)30-15-23(28)26-18-6-7-19(24)20(25)14-18;/h3-14H,15H2,1-2H3;1H/p+1/b4-3+;. The van der Waals surface area contributed by atoms with E-state index in [0.29, 0.717) is 27.2 Å². The molecule has 0 radical (unpaired) electrons. The topological polar surface area (TPSA) is 51.4 Å². The van der Waals surface area contributed by atoms with Crippen molar-refractivity contribution in [3.8, 4) is 11.5 Å². The SMILES string of the molecule is COc1cc(/C=C/c2cc[n+](C)cc2)ccc1OCC(=O)Nc1ccc(Cl)c(Cl)c1.[H+].[I-]. The number of carbonyl (C=O) groups is 1. The van der Waals surface area contributed by atoms with Gasteiger partial charge in [0.25, 0.3) is 5.91 Å². The third-order valence-corrected chi connectivity index (χ3v) is 4.96. The third-order valence-electron chi connectivity index (χ3n) is 4.22. The van der Waals surface area contributed by atoms with Gasteiger partial charge in [-0.05, 0) is 41.5 Å². The number of hydrogen-bond donors (Lipinski definition) is 1. The Balaban J connectivity index is 0.00000256. The zero-order chi connectivity index (χ0) is 21.5. The number of aryl methyl sites for hydroxylation is 1. The fourth-order valence-electron chi connectivity index (χ4n) is 2.64. The Morgan fingerprint density at radius 2 is 1.71 bits per heavy atom. The molecule has 5 nitrogen and oxygen atoms in total. The highest BCUT2D eigenvalue weighted by atomic mass is 127. The van der Waals surface area contributed by atoms with Crippen LogP contribution in [0, 0.1) is 0 Å². The Morgan fingerprint density at radius 3 is 2.39 bits per heavy atom. The smallest absolute Gasteiger partial charge is 1.00 e. The molecule has 0 spiro atoms. The van der Waals surface area contributed by atoms with Gasteiger partial charge in [-0.25, -0.2) is 4.57 Å². The van der Waals surface area contributed by atoms with Crippen molar-refractivity contribution in [1.82, 2.24) is 0 Å². The van der Waals surface area contributed by atoms with Gasteiger partial charge in [-0.2, -0.15) is 0 Å². The maximum Gasteiger partial charge on any atom is 1.00 e. The van der Waals surface area contributed by atoms with E-state index in [4.69, 9.17) is 32.7 Å². The summed E-state index contributed by atoms with van der Waals surface area (Å²) in [4.78, 5) is 12.2. The van der Waals surface area contributed by atoms with Gasteiger partial charge in [0.05, 0.1) is 17.2 Å². The van der Waals surface area contributed by atoms with Crippen molar-refractivity contribution in [2.75, 3.05) is 19.0 Å². The van der Waals surface area contributed by atoms with Crippen LogP contribution in [0.5, 0.6) is 11.5 Å². The molecule has 0 bridgehead atoms. The van der Waals surface area contributed by atoms with Crippen molar-refractivity contribution in [3.63, 3.8) is 0 Å². The summed E-state index contributed by atoms with van der Waals surface area (Å²) in [5.74, 6) is 0.696. The molecule has 31 heavy (non-hydrogen) atoms. The first kappa shape index (κ1) is 25.0. The number of pyridine rings is 1. The van der Waals surface area contributed by atoms with Crippen LogP contribution in [0.4, 0.5) is 5.69 Å². The number of nitrogens with one attached hydrogen (secondary N) is 1. The number of methoxy groups -OCH3 is 1. The molecule has 1 amide bonds. The number of aromatic nitrogens is 1. The molecule has 0 aliphatic rings. The van der Waals surface area contributed by atoms with Crippen LogP contribution in [0.3, 0.4) is 0 Å². The summed E-state index contributed by atoms with van der Waals surface area (Å²) in [5, 5.41) is 3.50. The van der Waals surface area contributed by atoms with Gasteiger partial charge in [0.2, 0.25) is 0 Å². The highest BCUT2D eigenvalue weighted by Crippen LogP contribution is 2.29. The van der Waals surface area contributed by atoms with Crippen molar-refractivity contribution in [1.29, 1.82) is 0 Å². The second-order valence-corrected chi connectivity index (χ2v) is 7.32. The Hall–Kier alpha value is -2.29. The number of ether oxygens (including phenoxy) is 2. The number of halogens is 3. The minimum Gasteiger partial charge on any atom is -1.00 e. The number of nitrogens with zero attached hydrogens (tertiary/aromatic N) is 1. The first-order chi connectivity index (χ1) is 14.4. The predicted octanol–water partition coefficient (Wildman–Crippen LogP) is 2.13. The van der Waals surface area contributed by atoms with E-state index in [1.165, 1.54) is 0 Å². The van der Waals surface area contributed by atoms with Crippen molar-refractivity contribution < 1.29 is 44.2 Å². The Bertz CT molecular complexity index is 1080. The number of benzene rings is 2. The van der Waals surface area contributed by atoms with Gasteiger partial charge in [0.15, 0.2) is 30.5 Å². The van der Waals surface area contributed by atoms with Gasteiger partial charge in [0.1, 0.15) is 7.05 Å². The van der Waals surface area contributed by atoms with Crippen LogP contribution >= 0.6 is 23.2 Å². The molecule has 1 heterocycles. The second kappa shape index (κ2) is 11.9. The van der Waals surface area contributed by atoms with Gasteiger partial charge in [-0.15, -0.1) is 0 Å². The molecule has 0 aliphatic carbocycles.